The average Bonchev–Trinajstić information content (AvgIpc) is 2.17. The van der Waals surface area contributed by atoms with Crippen molar-refractivity contribution >= 4 is 11.9 Å². The van der Waals surface area contributed by atoms with Gasteiger partial charge in [0.05, 0.1) is 6.61 Å². The molecule has 96 valence electrons. The lowest BCUT2D eigenvalue weighted by Crippen LogP contribution is -1.99. The van der Waals surface area contributed by atoms with Crippen LogP contribution in [0.4, 0.5) is 0 Å². The van der Waals surface area contributed by atoms with Crippen LogP contribution in [0.5, 0.6) is 0 Å². The molecule has 0 saturated heterocycles. The highest BCUT2D eigenvalue weighted by Gasteiger charge is 1.91. The first-order valence-corrected chi connectivity index (χ1v) is 5.89. The van der Waals surface area contributed by atoms with E-state index in [1.807, 2.05) is 6.92 Å². The number of ether oxygens (including phenoxy) is 1. The molecule has 16 heavy (non-hydrogen) atoms. The van der Waals surface area contributed by atoms with E-state index in [9.17, 15) is 9.59 Å². The molecule has 0 bridgehead atoms. The van der Waals surface area contributed by atoms with Crippen LogP contribution in [0.15, 0.2) is 0 Å². The fourth-order valence-electron chi connectivity index (χ4n) is 0.959. The Bertz CT molecular complexity index is 178. The van der Waals surface area contributed by atoms with Crippen LogP contribution in [-0.2, 0) is 14.3 Å². The first kappa shape index (κ1) is 17.3. The zero-order valence-electron chi connectivity index (χ0n) is 10.6. The molecule has 0 aromatic heterocycles. The molecule has 0 atom stereocenters. The van der Waals surface area contributed by atoms with Crippen molar-refractivity contribution in [2.24, 2.45) is 0 Å². The van der Waals surface area contributed by atoms with Gasteiger partial charge in [-0.05, 0) is 12.8 Å². The molecule has 0 aromatic carbocycles. The van der Waals surface area contributed by atoms with E-state index in [-0.39, 0.29) is 5.97 Å². The van der Waals surface area contributed by atoms with Crippen molar-refractivity contribution in [1.29, 1.82) is 0 Å². The van der Waals surface area contributed by atoms with E-state index in [0.29, 0.717) is 13.0 Å². The van der Waals surface area contributed by atoms with E-state index in [1.54, 1.807) is 0 Å². The molecule has 4 nitrogen and oxygen atoms in total. The molecule has 4 heteroatoms. The van der Waals surface area contributed by atoms with E-state index < -0.39 is 5.97 Å². The molecule has 0 spiro atoms. The summed E-state index contributed by atoms with van der Waals surface area (Å²) in [5, 5.41) is 7.91. The molecule has 0 rings (SSSR count). The van der Waals surface area contributed by atoms with Gasteiger partial charge in [-0.1, -0.05) is 33.1 Å². The molecule has 1 N–H and O–H groups in total. The molecule has 0 saturated carbocycles. The molecule has 0 aliphatic rings. The van der Waals surface area contributed by atoms with Crippen LogP contribution >= 0.6 is 0 Å². The van der Waals surface area contributed by atoms with Gasteiger partial charge in [-0.15, -0.1) is 0 Å². The van der Waals surface area contributed by atoms with Gasteiger partial charge in [0.25, 0.3) is 0 Å². The topological polar surface area (TPSA) is 63.6 Å². The van der Waals surface area contributed by atoms with Gasteiger partial charge >= 0.3 is 11.9 Å². The van der Waals surface area contributed by atoms with Crippen molar-refractivity contribution in [2.45, 2.75) is 59.3 Å². The molecule has 0 heterocycles. The van der Waals surface area contributed by atoms with E-state index in [4.69, 9.17) is 9.84 Å². The maximum atomic E-state index is 10.3. The lowest BCUT2D eigenvalue weighted by molar-refractivity contribution is -0.141. The molecular formula is C12H24O4. The van der Waals surface area contributed by atoms with Crippen LogP contribution < -0.4 is 0 Å². The van der Waals surface area contributed by atoms with Crippen molar-refractivity contribution in [3.8, 4) is 0 Å². The van der Waals surface area contributed by atoms with E-state index in [0.717, 1.165) is 12.8 Å². The highest BCUT2D eigenvalue weighted by Crippen LogP contribution is 1.98. The Morgan fingerprint density at radius 2 is 1.69 bits per heavy atom. The number of hydrogen-bond donors (Lipinski definition) is 1. The predicted octanol–water partition coefficient (Wildman–Crippen LogP) is 3.00. The highest BCUT2D eigenvalue weighted by atomic mass is 16.5. The van der Waals surface area contributed by atoms with Gasteiger partial charge in [0.15, 0.2) is 0 Å². The van der Waals surface area contributed by atoms with E-state index in [2.05, 4.69) is 6.92 Å². The number of aliphatic carboxylic acids is 1. The lowest BCUT2D eigenvalue weighted by Gasteiger charge is -1.99. The monoisotopic (exact) mass is 232 g/mol. The van der Waals surface area contributed by atoms with Crippen LogP contribution in [0.2, 0.25) is 0 Å². The highest BCUT2D eigenvalue weighted by molar-refractivity contribution is 5.66. The minimum atomic E-state index is -0.711. The van der Waals surface area contributed by atoms with E-state index >= 15 is 0 Å². The van der Waals surface area contributed by atoms with Crippen LogP contribution in [-0.4, -0.2) is 23.7 Å². The smallest absolute Gasteiger partial charge is 0.303 e. The number of carboxylic acid groups (broad SMARTS) is 1. The standard InChI is InChI=1S/C8H16O2.C4H8O2/c1-3-4-5-6-7-10-8(2)9;1-2-3-4(5)6/h3-7H2,1-2H3;2-3H2,1H3,(H,5,6). The Kier molecular flexibility index (Phi) is 15.1. The molecule has 0 fully saturated rings. The fourth-order valence-corrected chi connectivity index (χ4v) is 0.959. The molecule has 0 aliphatic carbocycles. The summed E-state index contributed by atoms with van der Waals surface area (Å²) in [4.78, 5) is 19.9. The summed E-state index contributed by atoms with van der Waals surface area (Å²) in [6.07, 6.45) is 5.66. The number of esters is 1. The minimum absolute atomic E-state index is 0.170. The minimum Gasteiger partial charge on any atom is -0.481 e. The van der Waals surface area contributed by atoms with Crippen molar-refractivity contribution in [1.82, 2.24) is 0 Å². The first-order valence-electron chi connectivity index (χ1n) is 5.89. The summed E-state index contributed by atoms with van der Waals surface area (Å²) in [7, 11) is 0. The second-order valence-corrected chi connectivity index (χ2v) is 3.54. The Labute approximate surface area is 98.0 Å². The molecular weight excluding hydrogens is 208 g/mol. The van der Waals surface area contributed by atoms with Crippen molar-refractivity contribution in [2.75, 3.05) is 6.61 Å². The zero-order valence-corrected chi connectivity index (χ0v) is 10.6. The third-order valence-electron chi connectivity index (χ3n) is 1.77. The van der Waals surface area contributed by atoms with Crippen LogP contribution in [0.25, 0.3) is 0 Å². The van der Waals surface area contributed by atoms with Crippen LogP contribution in [0.3, 0.4) is 0 Å². The Morgan fingerprint density at radius 1 is 1.06 bits per heavy atom. The van der Waals surface area contributed by atoms with Gasteiger partial charge in [-0.3, -0.25) is 9.59 Å². The average molecular weight is 232 g/mol. The number of carboxylic acids is 1. The maximum Gasteiger partial charge on any atom is 0.303 e. The summed E-state index contributed by atoms with van der Waals surface area (Å²) >= 11 is 0. The SMILES string of the molecule is CCCC(=O)O.CCCCCCOC(C)=O. The van der Waals surface area contributed by atoms with Crippen molar-refractivity contribution < 1.29 is 19.4 Å². The first-order chi connectivity index (χ1) is 7.54. The van der Waals surface area contributed by atoms with Crippen LogP contribution in [0.1, 0.15) is 59.3 Å². The second-order valence-electron chi connectivity index (χ2n) is 3.54. The Morgan fingerprint density at radius 3 is 2.00 bits per heavy atom. The lowest BCUT2D eigenvalue weighted by atomic mass is 10.2. The number of hydrogen-bond acceptors (Lipinski definition) is 3. The van der Waals surface area contributed by atoms with Gasteiger partial charge in [-0.25, -0.2) is 0 Å². The molecule has 0 unspecified atom stereocenters. The van der Waals surface area contributed by atoms with Crippen molar-refractivity contribution in [3.63, 3.8) is 0 Å². The van der Waals surface area contributed by atoms with E-state index in [1.165, 1.54) is 26.2 Å². The third kappa shape index (κ3) is 23.1. The van der Waals surface area contributed by atoms with Gasteiger partial charge in [0, 0.05) is 13.3 Å². The number of carbonyl (C=O) groups is 2. The van der Waals surface area contributed by atoms with Gasteiger partial charge in [-0.2, -0.15) is 0 Å². The normalized spacial score (nSPS) is 8.94. The number of unbranched alkanes of at least 4 members (excludes halogenated alkanes) is 3. The molecule has 0 aliphatic heterocycles. The number of rotatable bonds is 7. The van der Waals surface area contributed by atoms with Gasteiger partial charge < -0.3 is 9.84 Å². The summed E-state index contributed by atoms with van der Waals surface area (Å²) < 4.78 is 4.75. The van der Waals surface area contributed by atoms with Gasteiger partial charge in [0.2, 0.25) is 0 Å². The Balaban J connectivity index is 0. The third-order valence-corrected chi connectivity index (χ3v) is 1.77. The maximum absolute atomic E-state index is 10.3. The quantitative estimate of drug-likeness (QED) is 0.541. The van der Waals surface area contributed by atoms with Crippen molar-refractivity contribution in [3.05, 3.63) is 0 Å². The molecule has 0 radical (unpaired) electrons. The largest absolute Gasteiger partial charge is 0.481 e. The predicted molar refractivity (Wildman–Crippen MR) is 63.3 cm³/mol. The van der Waals surface area contributed by atoms with Gasteiger partial charge in [0.1, 0.15) is 0 Å². The summed E-state index contributed by atoms with van der Waals surface area (Å²) in [5.74, 6) is -0.881. The van der Waals surface area contributed by atoms with Crippen LogP contribution in [0, 0.1) is 0 Å². The Hall–Kier alpha value is -1.06. The number of carbonyl (C=O) groups excluding carboxylic acids is 1. The summed E-state index contributed by atoms with van der Waals surface area (Å²) in [6.45, 7) is 6.04. The molecule has 0 aromatic rings. The fraction of sp³-hybridized carbons (Fsp3) is 0.833. The summed E-state index contributed by atoms with van der Waals surface area (Å²) in [5.41, 5.74) is 0. The molecule has 0 amide bonds. The zero-order chi connectivity index (χ0) is 12.8. The second kappa shape index (κ2) is 13.9. The summed E-state index contributed by atoms with van der Waals surface area (Å²) in [6, 6.07) is 0.